The van der Waals surface area contributed by atoms with Crippen LogP contribution in [0.1, 0.15) is 75.7 Å². The number of rotatable bonds is 1. The van der Waals surface area contributed by atoms with Crippen LogP contribution in [0.25, 0.3) is 27.1 Å². The van der Waals surface area contributed by atoms with Crippen molar-refractivity contribution in [3.05, 3.63) is 76.8 Å². The summed E-state index contributed by atoms with van der Waals surface area (Å²) in [5.74, 6) is -0.572. The van der Waals surface area contributed by atoms with Gasteiger partial charge in [-0.2, -0.15) is 0 Å². The Balaban J connectivity index is 1.19. The molecule has 6 nitrogen and oxygen atoms in total. The van der Waals surface area contributed by atoms with Crippen LogP contribution in [-0.4, -0.2) is 28.3 Å². The van der Waals surface area contributed by atoms with Crippen molar-refractivity contribution in [1.82, 2.24) is 0 Å². The van der Waals surface area contributed by atoms with Gasteiger partial charge in [-0.25, -0.2) is 0 Å². The van der Waals surface area contributed by atoms with Gasteiger partial charge in [0.1, 0.15) is 11.3 Å². The van der Waals surface area contributed by atoms with Crippen molar-refractivity contribution in [2.75, 3.05) is 16.0 Å². The molecule has 2 aliphatic heterocycles. The lowest BCUT2D eigenvalue weighted by atomic mass is 9.69. The fourth-order valence-electron chi connectivity index (χ4n) is 8.63. The van der Waals surface area contributed by atoms with Crippen molar-refractivity contribution >= 4 is 50.0 Å². The molecule has 0 bridgehead atoms. The summed E-state index contributed by atoms with van der Waals surface area (Å²) < 4.78 is 0. The number of carbonyl (C=O) groups excluding carboxylic acids is 1. The first kappa shape index (κ1) is 24.7. The monoisotopic (exact) mass is 556 g/mol. The van der Waals surface area contributed by atoms with E-state index in [1.54, 1.807) is 0 Å². The largest absolute Gasteiger partial charge is 0.387 e. The first-order chi connectivity index (χ1) is 20.5. The van der Waals surface area contributed by atoms with Gasteiger partial charge in [-0.1, -0.05) is 61.4 Å². The molecule has 2 unspecified atom stereocenters. The Labute approximate surface area is 244 Å². The minimum atomic E-state index is -0.874. The third-order valence-corrected chi connectivity index (χ3v) is 10.7. The predicted molar refractivity (Wildman–Crippen MR) is 168 cm³/mol. The van der Waals surface area contributed by atoms with Crippen LogP contribution in [0, 0.1) is 0 Å². The van der Waals surface area contributed by atoms with Gasteiger partial charge in [-0.3, -0.25) is 9.79 Å². The lowest BCUT2D eigenvalue weighted by molar-refractivity contribution is -0.122. The zero-order valence-corrected chi connectivity index (χ0v) is 23.8. The first-order valence-electron chi connectivity index (χ1n) is 15.8. The Bertz CT molecular complexity index is 1930. The second kappa shape index (κ2) is 8.81. The van der Waals surface area contributed by atoms with E-state index in [1.807, 2.05) is 6.07 Å². The van der Waals surface area contributed by atoms with Gasteiger partial charge in [0.25, 0.3) is 0 Å². The van der Waals surface area contributed by atoms with Gasteiger partial charge in [0.15, 0.2) is 5.78 Å². The number of hydrogen-bond donors (Lipinski definition) is 4. The summed E-state index contributed by atoms with van der Waals surface area (Å²) in [5.41, 5.74) is 3.98. The van der Waals surface area contributed by atoms with Crippen molar-refractivity contribution in [2.24, 2.45) is 4.99 Å². The summed E-state index contributed by atoms with van der Waals surface area (Å²) in [4.78, 5) is 19.5. The maximum absolute atomic E-state index is 14.2. The second-order valence-electron chi connectivity index (χ2n) is 13.2. The molecular weight excluding hydrogens is 520 g/mol. The summed E-state index contributed by atoms with van der Waals surface area (Å²) in [6, 6.07) is 20.9. The number of aliphatic hydroxyl groups is 1. The van der Waals surface area contributed by atoms with E-state index < -0.39 is 12.0 Å². The lowest BCUT2D eigenvalue weighted by Crippen LogP contribution is -2.51. The van der Waals surface area contributed by atoms with Gasteiger partial charge in [0, 0.05) is 32.9 Å². The van der Waals surface area contributed by atoms with E-state index in [9.17, 15) is 9.90 Å². The minimum absolute atomic E-state index is 0.0173. The number of Topliss-reactive ketones (excluding diaryl/α,β-unsaturated/α-hetero) is 1. The zero-order valence-electron chi connectivity index (χ0n) is 23.8. The molecule has 2 atom stereocenters. The molecule has 4 N–H and O–H groups in total. The summed E-state index contributed by atoms with van der Waals surface area (Å²) in [6.07, 6.45) is 10.3. The second-order valence-corrected chi connectivity index (χ2v) is 13.2. The van der Waals surface area contributed by atoms with Crippen LogP contribution in [0.2, 0.25) is 0 Å². The van der Waals surface area contributed by atoms with Crippen molar-refractivity contribution in [3.8, 4) is 0 Å². The molecule has 6 heteroatoms. The Morgan fingerprint density at radius 1 is 0.714 bits per heavy atom. The van der Waals surface area contributed by atoms with E-state index in [0.717, 1.165) is 93.3 Å². The highest BCUT2D eigenvalue weighted by atomic mass is 16.3. The molecule has 0 saturated heterocycles. The number of nitrogens with zero attached hydrogens (tertiary/aromatic N) is 1. The Kier molecular flexibility index (Phi) is 5.17. The zero-order chi connectivity index (χ0) is 28.1. The average Bonchev–Trinajstić information content (AvgIpc) is 3.00. The Morgan fingerprint density at radius 3 is 2.21 bits per heavy atom. The number of carbonyl (C=O) groups is 1. The van der Waals surface area contributed by atoms with Crippen LogP contribution < -0.4 is 26.5 Å². The van der Waals surface area contributed by atoms with E-state index >= 15 is 0 Å². The third-order valence-electron chi connectivity index (χ3n) is 10.7. The van der Waals surface area contributed by atoms with Gasteiger partial charge >= 0.3 is 0 Å². The van der Waals surface area contributed by atoms with Crippen LogP contribution in [-0.2, 0) is 4.79 Å². The van der Waals surface area contributed by atoms with Crippen LogP contribution in [0.15, 0.2) is 65.7 Å². The quantitative estimate of drug-likeness (QED) is 0.229. The van der Waals surface area contributed by atoms with Gasteiger partial charge in [0.05, 0.1) is 23.1 Å². The van der Waals surface area contributed by atoms with Gasteiger partial charge in [-0.15, -0.1) is 0 Å². The standard InChI is InChI=1S/C36H36N4O2/c41-33-29(23-15-13-21-9-7-11-25-27(21)31(23)39-35(37-25)17-3-1-4-18-35)34(42)30(33)24-16-14-22-10-8-12-26-28(22)32(24)40-36(38-26)19-5-2-6-20-36/h7-16,29,33,37,39-41H,1-6,17-20H2/b30-24+. The first-order valence-corrected chi connectivity index (χ1v) is 15.8. The van der Waals surface area contributed by atoms with Crippen molar-refractivity contribution < 1.29 is 9.90 Å². The summed E-state index contributed by atoms with van der Waals surface area (Å²) in [6.45, 7) is 0. The molecule has 4 aromatic carbocycles. The molecule has 3 fully saturated rings. The van der Waals surface area contributed by atoms with E-state index in [1.165, 1.54) is 25.7 Å². The average molecular weight is 557 g/mol. The molecular formula is C36H36N4O2. The van der Waals surface area contributed by atoms with E-state index in [4.69, 9.17) is 4.99 Å². The fraction of sp³-hybridized carbons (Fsp3) is 0.389. The summed E-state index contributed by atoms with van der Waals surface area (Å²) in [5, 5.41) is 29.6. The number of benzene rings is 4. The van der Waals surface area contributed by atoms with Crippen LogP contribution in [0.3, 0.4) is 0 Å². The predicted octanol–water partition coefficient (Wildman–Crippen LogP) is 6.07. The topological polar surface area (TPSA) is 85.8 Å². The summed E-state index contributed by atoms with van der Waals surface area (Å²) in [7, 11) is 0. The summed E-state index contributed by atoms with van der Waals surface area (Å²) >= 11 is 0. The molecule has 2 heterocycles. The SMILES string of the molecule is O=C1/C(=c2\ccc3cccc4c3c2NC2(CCCCC2)N=4)C(O)C1c1ccc2cccc3c2c1NC1(CCCCC1)N3. The highest BCUT2D eigenvalue weighted by Crippen LogP contribution is 2.50. The van der Waals surface area contributed by atoms with Gasteiger partial charge in [0.2, 0.25) is 0 Å². The Hall–Kier alpha value is -3.90. The molecule has 212 valence electrons. The number of nitrogens with one attached hydrogen (secondary N) is 3. The van der Waals surface area contributed by atoms with E-state index in [0.29, 0.717) is 5.57 Å². The van der Waals surface area contributed by atoms with Crippen LogP contribution in [0.5, 0.6) is 0 Å². The Morgan fingerprint density at radius 2 is 1.43 bits per heavy atom. The smallest absolute Gasteiger partial charge is 0.172 e. The minimum Gasteiger partial charge on any atom is -0.387 e. The number of aliphatic hydroxyl groups excluding tert-OH is 1. The van der Waals surface area contributed by atoms with Crippen molar-refractivity contribution in [1.29, 1.82) is 0 Å². The molecule has 9 rings (SSSR count). The number of anilines is 3. The molecule has 0 radical (unpaired) electrons. The van der Waals surface area contributed by atoms with Crippen LogP contribution >= 0.6 is 0 Å². The van der Waals surface area contributed by atoms with Gasteiger partial charge in [-0.05, 0) is 79.8 Å². The van der Waals surface area contributed by atoms with Crippen molar-refractivity contribution in [3.63, 3.8) is 0 Å². The number of ketones is 1. The van der Waals surface area contributed by atoms with E-state index in [2.05, 4.69) is 70.5 Å². The number of hydrogen-bond acceptors (Lipinski definition) is 6. The van der Waals surface area contributed by atoms with Crippen LogP contribution in [0.4, 0.5) is 17.1 Å². The molecule has 0 amide bonds. The molecule has 3 saturated carbocycles. The maximum Gasteiger partial charge on any atom is 0.172 e. The van der Waals surface area contributed by atoms with E-state index in [-0.39, 0.29) is 17.1 Å². The molecule has 3 aliphatic carbocycles. The molecule has 4 aromatic rings. The third kappa shape index (κ3) is 3.42. The normalized spacial score (nSPS) is 26.3. The molecule has 42 heavy (non-hydrogen) atoms. The molecule has 2 spiro atoms. The molecule has 0 aromatic heterocycles. The maximum atomic E-state index is 14.2. The van der Waals surface area contributed by atoms with Crippen molar-refractivity contribution in [2.45, 2.75) is 87.6 Å². The lowest BCUT2D eigenvalue weighted by Gasteiger charge is -2.46. The fourth-order valence-corrected chi connectivity index (χ4v) is 8.63. The highest BCUT2D eigenvalue weighted by molar-refractivity contribution is 6.29. The molecule has 5 aliphatic rings. The highest BCUT2D eigenvalue weighted by Gasteiger charge is 2.48. The van der Waals surface area contributed by atoms with Gasteiger partial charge < -0.3 is 21.1 Å².